The molecule has 1 fully saturated rings. The molecule has 0 N–H and O–H groups in total. The molecular formula is C11H12BrClO. The van der Waals surface area contributed by atoms with Gasteiger partial charge in [0.1, 0.15) is 0 Å². The molecule has 76 valence electrons. The molecule has 0 heterocycles. The van der Waals surface area contributed by atoms with E-state index < -0.39 is 0 Å². The lowest BCUT2D eigenvalue weighted by atomic mass is 9.97. The van der Waals surface area contributed by atoms with Gasteiger partial charge in [-0.2, -0.15) is 0 Å². The minimum absolute atomic E-state index is 0.201. The van der Waals surface area contributed by atoms with Crippen LogP contribution in [0, 0.1) is 0 Å². The van der Waals surface area contributed by atoms with Crippen LogP contribution in [-0.4, -0.2) is 13.7 Å². The Morgan fingerprint density at radius 2 is 2.21 bits per heavy atom. The largest absolute Gasteiger partial charge is 0.384 e. The first-order chi connectivity index (χ1) is 6.68. The van der Waals surface area contributed by atoms with E-state index in [2.05, 4.69) is 22.0 Å². The summed E-state index contributed by atoms with van der Waals surface area (Å²) in [6, 6.07) is 6.09. The number of hydrogen-bond acceptors (Lipinski definition) is 1. The van der Waals surface area contributed by atoms with Gasteiger partial charge >= 0.3 is 0 Å². The summed E-state index contributed by atoms with van der Waals surface area (Å²) >= 11 is 9.61. The lowest BCUT2D eigenvalue weighted by Crippen LogP contribution is -2.14. The van der Waals surface area contributed by atoms with E-state index >= 15 is 0 Å². The summed E-state index contributed by atoms with van der Waals surface area (Å²) in [4.78, 5) is 0. The van der Waals surface area contributed by atoms with Crippen molar-refractivity contribution in [3.05, 3.63) is 33.3 Å². The SMILES string of the molecule is COCC1(c2ccc(Br)cc2Cl)CC1. The van der Waals surface area contributed by atoms with Crippen molar-refractivity contribution in [2.75, 3.05) is 13.7 Å². The minimum Gasteiger partial charge on any atom is -0.384 e. The van der Waals surface area contributed by atoms with Crippen LogP contribution in [0.1, 0.15) is 18.4 Å². The zero-order valence-corrected chi connectivity index (χ0v) is 10.4. The number of ether oxygens (including phenoxy) is 1. The topological polar surface area (TPSA) is 9.23 Å². The average molecular weight is 276 g/mol. The fourth-order valence-corrected chi connectivity index (χ4v) is 2.71. The minimum atomic E-state index is 0.201. The Morgan fingerprint density at radius 3 is 2.71 bits per heavy atom. The van der Waals surface area contributed by atoms with Crippen LogP contribution in [0.3, 0.4) is 0 Å². The van der Waals surface area contributed by atoms with E-state index in [1.165, 1.54) is 18.4 Å². The van der Waals surface area contributed by atoms with Gasteiger partial charge in [0.05, 0.1) is 6.61 Å². The number of methoxy groups -OCH3 is 1. The number of benzene rings is 1. The summed E-state index contributed by atoms with van der Waals surface area (Å²) < 4.78 is 6.27. The van der Waals surface area contributed by atoms with Gasteiger partial charge in [0.25, 0.3) is 0 Å². The van der Waals surface area contributed by atoms with Crippen molar-refractivity contribution in [3.8, 4) is 0 Å². The van der Waals surface area contributed by atoms with Crippen molar-refractivity contribution in [2.24, 2.45) is 0 Å². The molecule has 0 spiro atoms. The van der Waals surface area contributed by atoms with Gasteiger partial charge < -0.3 is 4.74 Å². The second-order valence-electron chi connectivity index (χ2n) is 3.84. The molecule has 0 amide bonds. The highest BCUT2D eigenvalue weighted by Crippen LogP contribution is 2.50. The fourth-order valence-electron chi connectivity index (χ4n) is 1.84. The van der Waals surface area contributed by atoms with Crippen LogP contribution in [0.2, 0.25) is 5.02 Å². The summed E-state index contributed by atoms with van der Waals surface area (Å²) in [6.45, 7) is 0.772. The molecule has 14 heavy (non-hydrogen) atoms. The highest BCUT2D eigenvalue weighted by molar-refractivity contribution is 9.10. The van der Waals surface area contributed by atoms with Gasteiger partial charge in [-0.25, -0.2) is 0 Å². The van der Waals surface area contributed by atoms with Crippen LogP contribution in [0.25, 0.3) is 0 Å². The van der Waals surface area contributed by atoms with Crippen LogP contribution in [0.5, 0.6) is 0 Å². The Balaban J connectivity index is 2.32. The third-order valence-corrected chi connectivity index (χ3v) is 3.58. The summed E-state index contributed by atoms with van der Waals surface area (Å²) in [7, 11) is 1.74. The second-order valence-corrected chi connectivity index (χ2v) is 5.16. The van der Waals surface area contributed by atoms with Crippen LogP contribution >= 0.6 is 27.5 Å². The van der Waals surface area contributed by atoms with Crippen LogP contribution in [0.4, 0.5) is 0 Å². The molecule has 1 aliphatic carbocycles. The normalized spacial score (nSPS) is 18.2. The van der Waals surface area contributed by atoms with E-state index in [1.807, 2.05) is 12.1 Å². The summed E-state index contributed by atoms with van der Waals surface area (Å²) in [5.74, 6) is 0. The lowest BCUT2D eigenvalue weighted by molar-refractivity contribution is 0.171. The Kier molecular flexibility index (Phi) is 2.87. The molecule has 1 aliphatic rings. The summed E-state index contributed by atoms with van der Waals surface area (Å²) in [6.07, 6.45) is 2.37. The molecule has 3 heteroatoms. The first-order valence-corrected chi connectivity index (χ1v) is 5.79. The van der Waals surface area contributed by atoms with Crippen LogP contribution in [0.15, 0.2) is 22.7 Å². The van der Waals surface area contributed by atoms with Crippen molar-refractivity contribution in [3.63, 3.8) is 0 Å². The van der Waals surface area contributed by atoms with E-state index in [4.69, 9.17) is 16.3 Å². The van der Waals surface area contributed by atoms with Gasteiger partial charge in [-0.15, -0.1) is 0 Å². The zero-order valence-electron chi connectivity index (χ0n) is 8.02. The number of hydrogen-bond donors (Lipinski definition) is 0. The maximum atomic E-state index is 6.20. The van der Waals surface area contributed by atoms with Gasteiger partial charge in [0.15, 0.2) is 0 Å². The molecule has 0 aliphatic heterocycles. The fraction of sp³-hybridized carbons (Fsp3) is 0.455. The molecule has 0 aromatic heterocycles. The number of halogens is 2. The molecule has 0 saturated heterocycles. The van der Waals surface area contributed by atoms with E-state index in [9.17, 15) is 0 Å². The average Bonchev–Trinajstić information content (AvgIpc) is 2.86. The molecule has 0 unspecified atom stereocenters. The maximum absolute atomic E-state index is 6.20. The van der Waals surface area contributed by atoms with Crippen molar-refractivity contribution in [1.82, 2.24) is 0 Å². The van der Waals surface area contributed by atoms with Gasteiger partial charge in [-0.3, -0.25) is 0 Å². The molecule has 1 saturated carbocycles. The van der Waals surface area contributed by atoms with Crippen molar-refractivity contribution < 1.29 is 4.74 Å². The molecule has 2 rings (SSSR count). The van der Waals surface area contributed by atoms with Crippen LogP contribution in [-0.2, 0) is 10.2 Å². The maximum Gasteiger partial charge on any atom is 0.0559 e. The van der Waals surface area contributed by atoms with Gasteiger partial charge in [0, 0.05) is 22.0 Å². The first kappa shape index (κ1) is 10.5. The van der Waals surface area contributed by atoms with Gasteiger partial charge in [-0.05, 0) is 30.5 Å². The highest BCUT2D eigenvalue weighted by atomic mass is 79.9. The van der Waals surface area contributed by atoms with Crippen molar-refractivity contribution in [1.29, 1.82) is 0 Å². The standard InChI is InChI=1S/C11H12BrClO/c1-14-7-11(4-5-11)9-3-2-8(12)6-10(9)13/h2-3,6H,4-5,7H2,1H3. The third-order valence-electron chi connectivity index (χ3n) is 2.78. The second kappa shape index (κ2) is 3.84. The molecule has 1 aromatic rings. The van der Waals surface area contributed by atoms with Crippen molar-refractivity contribution >= 4 is 27.5 Å². The van der Waals surface area contributed by atoms with E-state index in [-0.39, 0.29) is 5.41 Å². The Hall–Kier alpha value is -0.0500. The smallest absolute Gasteiger partial charge is 0.0559 e. The van der Waals surface area contributed by atoms with E-state index in [1.54, 1.807) is 7.11 Å². The third kappa shape index (κ3) is 1.83. The molecule has 0 atom stereocenters. The Morgan fingerprint density at radius 1 is 1.50 bits per heavy atom. The molecular weight excluding hydrogens is 263 g/mol. The zero-order chi connectivity index (χ0) is 10.2. The Labute approximate surface area is 97.5 Å². The predicted octanol–water partition coefficient (Wildman–Crippen LogP) is 3.78. The molecule has 1 nitrogen and oxygen atoms in total. The van der Waals surface area contributed by atoms with E-state index in [0.717, 1.165) is 16.1 Å². The molecule has 0 radical (unpaired) electrons. The van der Waals surface area contributed by atoms with Crippen molar-refractivity contribution in [2.45, 2.75) is 18.3 Å². The summed E-state index contributed by atoms with van der Waals surface area (Å²) in [5, 5.41) is 0.842. The summed E-state index contributed by atoms with van der Waals surface area (Å²) in [5.41, 5.74) is 1.43. The lowest BCUT2D eigenvalue weighted by Gasteiger charge is -2.16. The van der Waals surface area contributed by atoms with Gasteiger partial charge in [0.2, 0.25) is 0 Å². The first-order valence-electron chi connectivity index (χ1n) is 4.62. The highest BCUT2D eigenvalue weighted by Gasteiger charge is 2.45. The number of rotatable bonds is 3. The molecule has 0 bridgehead atoms. The van der Waals surface area contributed by atoms with Crippen LogP contribution < -0.4 is 0 Å². The quantitative estimate of drug-likeness (QED) is 0.816. The van der Waals surface area contributed by atoms with E-state index in [0.29, 0.717) is 0 Å². The van der Waals surface area contributed by atoms with Gasteiger partial charge in [-0.1, -0.05) is 33.6 Å². The predicted molar refractivity (Wildman–Crippen MR) is 61.9 cm³/mol. The monoisotopic (exact) mass is 274 g/mol. The molecule has 1 aromatic carbocycles. The Bertz CT molecular complexity index is 347.